The minimum atomic E-state index is 0.0321. The number of para-hydroxylation sites is 1. The summed E-state index contributed by atoms with van der Waals surface area (Å²) in [5.41, 5.74) is 2.63. The number of fused-ring (bicyclic) bond motifs is 1. The van der Waals surface area contributed by atoms with Gasteiger partial charge in [0.25, 0.3) is 0 Å². The molecule has 1 fully saturated rings. The fourth-order valence-electron chi connectivity index (χ4n) is 4.48. The van der Waals surface area contributed by atoms with E-state index in [0.717, 1.165) is 23.6 Å². The number of halogens is 1. The largest absolute Gasteiger partial charge is 0.487 e. The van der Waals surface area contributed by atoms with Crippen molar-refractivity contribution in [2.45, 2.75) is 63.1 Å². The molecule has 2 nitrogen and oxygen atoms in total. The standard InChI is InChI=1S/C22H26ClNO/c1-2-19(16-9-11-17(23)12-10-16)24-20-15-22(13-5-6-14-22)25-21-8-4-3-7-18(20)21/h3-4,7-12,19-20,24H,2,5-6,13-15H2,1H3. The van der Waals surface area contributed by atoms with Gasteiger partial charge in [0.15, 0.2) is 0 Å². The Hall–Kier alpha value is -1.51. The van der Waals surface area contributed by atoms with Crippen molar-refractivity contribution in [1.82, 2.24) is 5.32 Å². The summed E-state index contributed by atoms with van der Waals surface area (Å²) in [6.07, 6.45) is 7.03. The minimum Gasteiger partial charge on any atom is -0.487 e. The van der Waals surface area contributed by atoms with Crippen molar-refractivity contribution >= 4 is 11.6 Å². The number of nitrogens with one attached hydrogen (secondary N) is 1. The Bertz CT molecular complexity index is 721. The Labute approximate surface area is 155 Å². The van der Waals surface area contributed by atoms with Gasteiger partial charge >= 0.3 is 0 Å². The number of rotatable bonds is 4. The molecule has 0 bridgehead atoms. The highest BCUT2D eigenvalue weighted by molar-refractivity contribution is 6.30. The average molecular weight is 356 g/mol. The van der Waals surface area contributed by atoms with Crippen molar-refractivity contribution in [3.05, 3.63) is 64.7 Å². The number of hydrogen-bond donors (Lipinski definition) is 1. The van der Waals surface area contributed by atoms with Crippen LogP contribution in [0.3, 0.4) is 0 Å². The Balaban J connectivity index is 1.62. The van der Waals surface area contributed by atoms with E-state index >= 15 is 0 Å². The first kappa shape index (κ1) is 16.9. The first-order valence-electron chi connectivity index (χ1n) is 9.48. The number of hydrogen-bond acceptors (Lipinski definition) is 2. The van der Waals surface area contributed by atoms with E-state index in [1.54, 1.807) is 0 Å². The Morgan fingerprint density at radius 3 is 2.56 bits per heavy atom. The molecule has 0 radical (unpaired) electrons. The third-order valence-corrected chi connectivity index (χ3v) is 6.05. The van der Waals surface area contributed by atoms with Gasteiger partial charge in [-0.3, -0.25) is 0 Å². The molecule has 1 N–H and O–H groups in total. The van der Waals surface area contributed by atoms with Crippen LogP contribution >= 0.6 is 11.6 Å². The van der Waals surface area contributed by atoms with Gasteiger partial charge in [-0.15, -0.1) is 0 Å². The molecule has 0 saturated heterocycles. The van der Waals surface area contributed by atoms with Crippen molar-refractivity contribution in [2.75, 3.05) is 0 Å². The zero-order valence-corrected chi connectivity index (χ0v) is 15.6. The van der Waals surface area contributed by atoms with E-state index < -0.39 is 0 Å². The molecule has 4 rings (SSSR count). The van der Waals surface area contributed by atoms with Crippen LogP contribution in [-0.2, 0) is 0 Å². The molecule has 2 aliphatic rings. The second kappa shape index (κ2) is 7.01. The smallest absolute Gasteiger partial charge is 0.124 e. The SMILES string of the molecule is CCC(NC1CC2(CCCC2)Oc2ccccc21)c1ccc(Cl)cc1. The zero-order valence-electron chi connectivity index (χ0n) is 14.8. The van der Waals surface area contributed by atoms with Crippen LogP contribution in [0.4, 0.5) is 0 Å². The van der Waals surface area contributed by atoms with Gasteiger partial charge in [-0.2, -0.15) is 0 Å². The molecule has 2 aromatic carbocycles. The van der Waals surface area contributed by atoms with Gasteiger partial charge in [-0.25, -0.2) is 0 Å². The fourth-order valence-corrected chi connectivity index (χ4v) is 4.61. The summed E-state index contributed by atoms with van der Waals surface area (Å²) in [6.45, 7) is 2.24. The molecule has 2 unspecified atom stereocenters. The molecule has 0 amide bonds. The molecule has 132 valence electrons. The predicted molar refractivity (Wildman–Crippen MR) is 103 cm³/mol. The van der Waals surface area contributed by atoms with Crippen molar-refractivity contribution < 1.29 is 4.74 Å². The summed E-state index contributed by atoms with van der Waals surface area (Å²) in [5, 5.41) is 4.72. The molecular formula is C22H26ClNO. The van der Waals surface area contributed by atoms with E-state index in [0.29, 0.717) is 12.1 Å². The molecular weight excluding hydrogens is 330 g/mol. The van der Waals surface area contributed by atoms with Crippen molar-refractivity contribution in [1.29, 1.82) is 0 Å². The first-order chi connectivity index (χ1) is 12.2. The lowest BCUT2D eigenvalue weighted by atomic mass is 9.85. The lowest BCUT2D eigenvalue weighted by molar-refractivity contribution is 0.0346. The predicted octanol–water partition coefficient (Wildman–Crippen LogP) is 6.22. The molecule has 2 aromatic rings. The lowest BCUT2D eigenvalue weighted by Crippen LogP contribution is -2.42. The first-order valence-corrected chi connectivity index (χ1v) is 9.86. The van der Waals surface area contributed by atoms with Gasteiger partial charge in [0.1, 0.15) is 11.4 Å². The third-order valence-electron chi connectivity index (χ3n) is 5.79. The maximum atomic E-state index is 6.49. The second-order valence-corrected chi connectivity index (χ2v) is 7.90. The Kier molecular flexibility index (Phi) is 4.75. The van der Waals surface area contributed by atoms with E-state index in [1.807, 2.05) is 12.1 Å². The number of ether oxygens (including phenoxy) is 1. The maximum absolute atomic E-state index is 6.49. The topological polar surface area (TPSA) is 21.3 Å². The van der Waals surface area contributed by atoms with E-state index in [9.17, 15) is 0 Å². The molecule has 0 aromatic heterocycles. The monoisotopic (exact) mass is 355 g/mol. The van der Waals surface area contributed by atoms with Crippen LogP contribution in [0.2, 0.25) is 5.02 Å². The summed E-state index contributed by atoms with van der Waals surface area (Å²) in [4.78, 5) is 0. The summed E-state index contributed by atoms with van der Waals surface area (Å²) in [7, 11) is 0. The van der Waals surface area contributed by atoms with Crippen LogP contribution in [0.5, 0.6) is 5.75 Å². The lowest BCUT2D eigenvalue weighted by Gasteiger charge is -2.41. The third kappa shape index (κ3) is 3.43. The zero-order chi connectivity index (χ0) is 17.3. The van der Waals surface area contributed by atoms with Gasteiger partial charge in [-0.05, 0) is 55.9 Å². The summed E-state index contributed by atoms with van der Waals surface area (Å²) >= 11 is 6.06. The van der Waals surface area contributed by atoms with Crippen LogP contribution in [-0.4, -0.2) is 5.60 Å². The molecule has 3 heteroatoms. The van der Waals surface area contributed by atoms with E-state index in [4.69, 9.17) is 16.3 Å². The highest BCUT2D eigenvalue weighted by Gasteiger charge is 2.43. The quantitative estimate of drug-likeness (QED) is 0.703. The van der Waals surface area contributed by atoms with E-state index in [2.05, 4.69) is 48.6 Å². The average Bonchev–Trinajstić information content (AvgIpc) is 3.08. The molecule has 1 aliphatic heterocycles. The molecule has 1 saturated carbocycles. The molecule has 1 aliphatic carbocycles. The second-order valence-electron chi connectivity index (χ2n) is 7.47. The van der Waals surface area contributed by atoms with Gasteiger partial charge in [0.2, 0.25) is 0 Å². The van der Waals surface area contributed by atoms with Crippen LogP contribution < -0.4 is 10.1 Å². The van der Waals surface area contributed by atoms with E-state index in [1.165, 1.54) is 36.8 Å². The van der Waals surface area contributed by atoms with Crippen LogP contribution in [0.15, 0.2) is 48.5 Å². The van der Waals surface area contributed by atoms with Crippen molar-refractivity contribution in [3.8, 4) is 5.75 Å². The molecule has 1 heterocycles. The minimum absolute atomic E-state index is 0.0321. The van der Waals surface area contributed by atoms with Crippen LogP contribution in [0, 0.1) is 0 Å². The van der Waals surface area contributed by atoms with E-state index in [-0.39, 0.29) is 5.60 Å². The van der Waals surface area contributed by atoms with Gasteiger partial charge < -0.3 is 10.1 Å². The van der Waals surface area contributed by atoms with Crippen molar-refractivity contribution in [3.63, 3.8) is 0 Å². The molecule has 1 spiro atoms. The number of benzene rings is 2. The Morgan fingerprint density at radius 2 is 1.84 bits per heavy atom. The highest BCUT2D eigenvalue weighted by atomic mass is 35.5. The van der Waals surface area contributed by atoms with Crippen LogP contribution in [0.1, 0.15) is 68.7 Å². The van der Waals surface area contributed by atoms with Crippen molar-refractivity contribution in [2.24, 2.45) is 0 Å². The normalized spacial score (nSPS) is 22.4. The maximum Gasteiger partial charge on any atom is 0.124 e. The summed E-state index contributed by atoms with van der Waals surface area (Å²) in [6, 6.07) is 17.5. The Morgan fingerprint density at radius 1 is 1.12 bits per heavy atom. The van der Waals surface area contributed by atoms with Crippen LogP contribution in [0.25, 0.3) is 0 Å². The van der Waals surface area contributed by atoms with Gasteiger partial charge in [0.05, 0.1) is 0 Å². The summed E-state index contributed by atoms with van der Waals surface area (Å²) < 4.78 is 6.49. The highest BCUT2D eigenvalue weighted by Crippen LogP contribution is 2.47. The van der Waals surface area contributed by atoms with Gasteiger partial charge in [-0.1, -0.05) is 48.9 Å². The fraction of sp³-hybridized carbons (Fsp3) is 0.455. The van der Waals surface area contributed by atoms with Gasteiger partial charge in [0, 0.05) is 29.1 Å². The molecule has 2 atom stereocenters. The molecule has 25 heavy (non-hydrogen) atoms. The summed E-state index contributed by atoms with van der Waals surface area (Å²) in [5.74, 6) is 1.07.